The largest absolute Gasteiger partial charge is 0.344 e. The summed E-state index contributed by atoms with van der Waals surface area (Å²) < 4.78 is 0. The monoisotopic (exact) mass is 296 g/mol. The summed E-state index contributed by atoms with van der Waals surface area (Å²) >= 11 is 0. The van der Waals surface area contributed by atoms with Gasteiger partial charge in [0.1, 0.15) is 6.04 Å². The number of amides is 4. The summed E-state index contributed by atoms with van der Waals surface area (Å²) in [4.78, 5) is 37.8. The van der Waals surface area contributed by atoms with Crippen LogP contribution in [0.5, 0.6) is 0 Å². The summed E-state index contributed by atoms with van der Waals surface area (Å²) in [5.74, 6) is 4.62. The minimum absolute atomic E-state index is 0.182. The molecule has 0 spiro atoms. The molecule has 8 heteroatoms. The van der Waals surface area contributed by atoms with Crippen LogP contribution < -0.4 is 5.84 Å². The summed E-state index contributed by atoms with van der Waals surface area (Å²) in [6.45, 7) is 0.303. The van der Waals surface area contributed by atoms with Crippen LogP contribution >= 0.6 is 0 Å². The number of nitrogens with zero attached hydrogens (tertiary/aromatic N) is 3. The predicted molar refractivity (Wildman–Crippen MR) is 70.5 cm³/mol. The molecule has 3 N–H and O–H groups in total. The van der Waals surface area contributed by atoms with Gasteiger partial charge in [0.2, 0.25) is 5.91 Å². The minimum atomic E-state index is -0.749. The maximum Gasteiger partial charge on any atom is 0.344 e. The van der Waals surface area contributed by atoms with Crippen molar-refractivity contribution in [1.82, 2.24) is 15.0 Å². The van der Waals surface area contributed by atoms with E-state index in [-0.39, 0.29) is 17.9 Å². The first kappa shape index (κ1) is 14.3. The molecule has 21 heavy (non-hydrogen) atoms. The van der Waals surface area contributed by atoms with E-state index < -0.39 is 18.0 Å². The third kappa shape index (κ3) is 2.28. The Kier molecular flexibility index (Phi) is 3.58. The van der Waals surface area contributed by atoms with Gasteiger partial charge in [-0.15, -0.1) is 0 Å². The third-order valence-electron chi connectivity index (χ3n) is 4.81. The fourth-order valence-electron chi connectivity index (χ4n) is 3.55. The van der Waals surface area contributed by atoms with E-state index in [2.05, 4.69) is 0 Å². The van der Waals surface area contributed by atoms with Crippen LogP contribution in [0.1, 0.15) is 38.5 Å². The van der Waals surface area contributed by atoms with Crippen LogP contribution in [0, 0.1) is 5.92 Å². The molecule has 0 radical (unpaired) electrons. The second-order valence-electron chi connectivity index (χ2n) is 6.05. The molecule has 2 atom stereocenters. The maximum atomic E-state index is 12.4. The standard InChI is InChI=1S/C13H20N4O4/c14-16(11(18)8-3-1-2-4-8)12(19)10-6-5-9-7-15(10)13(20)17(9)21/h8-10,21H,1-7,14H2/t9-,10+/m1/s1. The van der Waals surface area contributed by atoms with Gasteiger partial charge < -0.3 is 4.90 Å². The molecule has 116 valence electrons. The Morgan fingerprint density at radius 2 is 1.81 bits per heavy atom. The van der Waals surface area contributed by atoms with Crippen molar-refractivity contribution in [3.05, 3.63) is 0 Å². The van der Waals surface area contributed by atoms with Crippen LogP contribution in [0.3, 0.4) is 0 Å². The highest BCUT2D eigenvalue weighted by Crippen LogP contribution is 2.30. The van der Waals surface area contributed by atoms with Gasteiger partial charge in [0.05, 0.1) is 6.04 Å². The molecule has 0 aromatic rings. The molecule has 2 aliphatic heterocycles. The number of hydrogen-bond donors (Lipinski definition) is 2. The summed E-state index contributed by atoms with van der Waals surface area (Å²) in [6, 6.07) is -1.60. The number of piperidine rings is 1. The first-order chi connectivity index (χ1) is 10.0. The zero-order valence-corrected chi connectivity index (χ0v) is 11.8. The molecule has 1 aliphatic carbocycles. The molecular weight excluding hydrogens is 276 g/mol. The van der Waals surface area contributed by atoms with Crippen LogP contribution in [0.2, 0.25) is 0 Å². The van der Waals surface area contributed by atoms with Gasteiger partial charge in [-0.3, -0.25) is 14.8 Å². The van der Waals surface area contributed by atoms with Crippen molar-refractivity contribution in [3.63, 3.8) is 0 Å². The lowest BCUT2D eigenvalue weighted by Crippen LogP contribution is -2.56. The van der Waals surface area contributed by atoms with Gasteiger partial charge in [-0.2, -0.15) is 0 Å². The SMILES string of the molecule is NN(C(=O)C1CCCC1)C(=O)[C@@H]1CC[C@@H]2CN1C(=O)N2O. The molecule has 0 aromatic carbocycles. The molecule has 0 aromatic heterocycles. The van der Waals surface area contributed by atoms with Crippen LogP contribution in [0.4, 0.5) is 4.79 Å². The van der Waals surface area contributed by atoms with Gasteiger partial charge in [0.25, 0.3) is 5.91 Å². The average molecular weight is 296 g/mol. The highest BCUT2D eigenvalue weighted by molar-refractivity contribution is 5.99. The van der Waals surface area contributed by atoms with Crippen LogP contribution in [0.15, 0.2) is 0 Å². The van der Waals surface area contributed by atoms with E-state index in [4.69, 9.17) is 5.84 Å². The normalized spacial score (nSPS) is 29.1. The van der Waals surface area contributed by atoms with Crippen LogP contribution in [-0.4, -0.2) is 56.7 Å². The zero-order chi connectivity index (χ0) is 15.1. The van der Waals surface area contributed by atoms with Gasteiger partial charge in [-0.05, 0) is 25.7 Å². The number of rotatable bonds is 2. The van der Waals surface area contributed by atoms with Gasteiger partial charge >= 0.3 is 6.03 Å². The number of carbonyl (C=O) groups is 3. The highest BCUT2D eigenvalue weighted by Gasteiger charge is 2.48. The lowest BCUT2D eigenvalue weighted by atomic mass is 9.99. The van der Waals surface area contributed by atoms with E-state index in [9.17, 15) is 19.6 Å². The maximum absolute atomic E-state index is 12.4. The Balaban J connectivity index is 1.70. The smallest absolute Gasteiger partial charge is 0.309 e. The molecule has 3 aliphatic rings. The van der Waals surface area contributed by atoms with Gasteiger partial charge in [0.15, 0.2) is 0 Å². The molecule has 2 heterocycles. The molecular formula is C13H20N4O4. The van der Waals surface area contributed by atoms with E-state index >= 15 is 0 Å². The van der Waals surface area contributed by atoms with E-state index in [0.29, 0.717) is 29.5 Å². The molecule has 0 unspecified atom stereocenters. The van der Waals surface area contributed by atoms with Crippen LogP contribution in [-0.2, 0) is 9.59 Å². The number of carbonyl (C=O) groups excluding carboxylic acids is 3. The summed E-state index contributed by atoms with van der Waals surface area (Å²) in [5, 5.41) is 11.0. The average Bonchev–Trinajstić information content (AvgIpc) is 3.10. The first-order valence-corrected chi connectivity index (χ1v) is 7.42. The van der Waals surface area contributed by atoms with Crippen LogP contribution in [0.25, 0.3) is 0 Å². The third-order valence-corrected chi connectivity index (χ3v) is 4.81. The lowest BCUT2D eigenvalue weighted by Gasteiger charge is -2.31. The fourth-order valence-corrected chi connectivity index (χ4v) is 3.55. The Morgan fingerprint density at radius 3 is 2.48 bits per heavy atom. The number of hydrazine groups is 1. The Morgan fingerprint density at radius 1 is 1.14 bits per heavy atom. The van der Waals surface area contributed by atoms with E-state index in [1.165, 1.54) is 4.90 Å². The predicted octanol–water partition coefficient (Wildman–Crippen LogP) is 0.0633. The number of nitrogens with two attached hydrogens (primary N) is 1. The summed E-state index contributed by atoms with van der Waals surface area (Å²) in [6.07, 6.45) is 4.43. The zero-order valence-electron chi connectivity index (χ0n) is 11.8. The van der Waals surface area contributed by atoms with Crippen molar-refractivity contribution in [2.75, 3.05) is 6.54 Å². The second-order valence-corrected chi connectivity index (χ2v) is 6.05. The van der Waals surface area contributed by atoms with Crippen molar-refractivity contribution in [1.29, 1.82) is 0 Å². The van der Waals surface area contributed by atoms with Gasteiger partial charge in [-0.1, -0.05) is 12.8 Å². The molecule has 8 nitrogen and oxygen atoms in total. The molecule has 3 fully saturated rings. The van der Waals surface area contributed by atoms with E-state index in [0.717, 1.165) is 25.7 Å². The van der Waals surface area contributed by atoms with Crippen molar-refractivity contribution in [2.45, 2.75) is 50.6 Å². The Labute approximate surface area is 122 Å². The highest BCUT2D eigenvalue weighted by atomic mass is 16.5. The van der Waals surface area contributed by atoms with Crippen molar-refractivity contribution < 1.29 is 19.6 Å². The fraction of sp³-hybridized carbons (Fsp3) is 0.769. The van der Waals surface area contributed by atoms with Crippen molar-refractivity contribution >= 4 is 17.8 Å². The first-order valence-electron chi connectivity index (χ1n) is 7.42. The molecule has 2 bridgehead atoms. The van der Waals surface area contributed by atoms with Crippen molar-refractivity contribution in [2.24, 2.45) is 11.8 Å². The number of imide groups is 1. The van der Waals surface area contributed by atoms with Crippen molar-refractivity contribution in [3.8, 4) is 0 Å². The lowest BCUT2D eigenvalue weighted by molar-refractivity contribution is -0.151. The molecule has 2 saturated heterocycles. The number of urea groups is 1. The second kappa shape index (κ2) is 5.27. The molecule has 4 amide bonds. The Hall–Kier alpha value is -1.67. The quantitative estimate of drug-likeness (QED) is 0.246. The van der Waals surface area contributed by atoms with E-state index in [1.807, 2.05) is 0 Å². The topological polar surface area (TPSA) is 107 Å². The number of hydrogen-bond acceptors (Lipinski definition) is 5. The van der Waals surface area contributed by atoms with Gasteiger partial charge in [0, 0.05) is 12.5 Å². The minimum Gasteiger partial charge on any atom is -0.309 e. The molecule has 1 saturated carbocycles. The van der Waals surface area contributed by atoms with E-state index in [1.54, 1.807) is 0 Å². The number of fused-ring (bicyclic) bond motifs is 2. The number of hydroxylamine groups is 2. The summed E-state index contributed by atoms with van der Waals surface area (Å²) in [7, 11) is 0. The Bertz CT molecular complexity index is 477. The van der Waals surface area contributed by atoms with Gasteiger partial charge in [-0.25, -0.2) is 20.7 Å². The molecule has 3 rings (SSSR count). The summed E-state index contributed by atoms with van der Waals surface area (Å²) in [5.41, 5.74) is 0.